The number of ether oxygens (including phenoxy) is 1. The van der Waals surface area contributed by atoms with Crippen LogP contribution in [0.1, 0.15) is 24.8 Å². The van der Waals surface area contributed by atoms with E-state index in [2.05, 4.69) is 10.6 Å². The number of benzene rings is 1. The van der Waals surface area contributed by atoms with Crippen molar-refractivity contribution in [3.05, 3.63) is 35.6 Å². The first-order valence-electron chi connectivity index (χ1n) is 7.03. The summed E-state index contributed by atoms with van der Waals surface area (Å²) in [5, 5.41) is 5.31. The van der Waals surface area contributed by atoms with Crippen LogP contribution in [-0.2, 0) is 20.9 Å². The van der Waals surface area contributed by atoms with Gasteiger partial charge in [-0.1, -0.05) is 12.1 Å². The molecule has 21 heavy (non-hydrogen) atoms. The summed E-state index contributed by atoms with van der Waals surface area (Å²) in [6.45, 7) is 1.46. The third kappa shape index (κ3) is 5.51. The van der Waals surface area contributed by atoms with Crippen LogP contribution in [0.3, 0.4) is 0 Å². The Morgan fingerprint density at radius 3 is 2.57 bits per heavy atom. The Hall–Kier alpha value is -1.95. The van der Waals surface area contributed by atoms with E-state index in [4.69, 9.17) is 4.74 Å². The number of carbonyl (C=O) groups is 2. The molecule has 0 aliphatic carbocycles. The molecule has 1 fully saturated rings. The molecule has 2 rings (SSSR count). The molecule has 1 aliphatic rings. The van der Waals surface area contributed by atoms with E-state index in [-0.39, 0.29) is 36.7 Å². The Morgan fingerprint density at radius 1 is 1.19 bits per heavy atom. The maximum atomic E-state index is 12.7. The molecule has 5 nitrogen and oxygen atoms in total. The number of hydrogen-bond acceptors (Lipinski definition) is 3. The predicted octanol–water partition coefficient (Wildman–Crippen LogP) is 1.13. The summed E-state index contributed by atoms with van der Waals surface area (Å²) in [5.41, 5.74) is 0.782. The SMILES string of the molecule is O=C(CC(=O)NCC1CCCO1)NCc1ccc(F)cc1. The summed E-state index contributed by atoms with van der Waals surface area (Å²) in [4.78, 5) is 23.2. The molecule has 1 atom stereocenters. The molecule has 0 aromatic heterocycles. The van der Waals surface area contributed by atoms with Crippen molar-refractivity contribution in [2.24, 2.45) is 0 Å². The van der Waals surface area contributed by atoms with E-state index in [1.54, 1.807) is 12.1 Å². The highest BCUT2D eigenvalue weighted by Gasteiger charge is 2.17. The summed E-state index contributed by atoms with van der Waals surface area (Å²) < 4.78 is 18.1. The Kier molecular flexibility index (Phi) is 5.68. The summed E-state index contributed by atoms with van der Waals surface area (Å²) in [6.07, 6.45) is 1.81. The first-order chi connectivity index (χ1) is 10.1. The third-order valence-electron chi connectivity index (χ3n) is 3.27. The van der Waals surface area contributed by atoms with Gasteiger partial charge < -0.3 is 15.4 Å². The Bertz CT molecular complexity index is 484. The molecule has 114 valence electrons. The van der Waals surface area contributed by atoms with E-state index in [9.17, 15) is 14.0 Å². The van der Waals surface area contributed by atoms with Crippen LogP contribution >= 0.6 is 0 Å². The topological polar surface area (TPSA) is 67.4 Å². The number of rotatable bonds is 6. The van der Waals surface area contributed by atoms with Gasteiger partial charge in [0.05, 0.1) is 6.10 Å². The first-order valence-corrected chi connectivity index (χ1v) is 7.03. The van der Waals surface area contributed by atoms with Gasteiger partial charge in [0, 0.05) is 19.7 Å². The lowest BCUT2D eigenvalue weighted by Gasteiger charge is -2.10. The minimum absolute atomic E-state index is 0.0660. The summed E-state index contributed by atoms with van der Waals surface area (Å²) in [6, 6.07) is 5.84. The average molecular weight is 294 g/mol. The monoisotopic (exact) mass is 294 g/mol. The lowest BCUT2D eigenvalue weighted by molar-refractivity contribution is -0.129. The number of halogens is 1. The fraction of sp³-hybridized carbons (Fsp3) is 0.467. The number of nitrogens with one attached hydrogen (secondary N) is 2. The van der Waals surface area contributed by atoms with Crippen LogP contribution in [0, 0.1) is 5.82 Å². The summed E-state index contributed by atoms with van der Waals surface area (Å²) in [7, 11) is 0. The maximum Gasteiger partial charge on any atom is 0.229 e. The molecule has 0 radical (unpaired) electrons. The van der Waals surface area contributed by atoms with Crippen LogP contribution in [0.4, 0.5) is 4.39 Å². The molecule has 1 saturated heterocycles. The molecule has 0 bridgehead atoms. The molecule has 1 aliphatic heterocycles. The smallest absolute Gasteiger partial charge is 0.229 e. The van der Waals surface area contributed by atoms with Crippen molar-refractivity contribution in [1.82, 2.24) is 10.6 Å². The Morgan fingerprint density at radius 2 is 1.90 bits per heavy atom. The molecule has 0 saturated carbocycles. The maximum absolute atomic E-state index is 12.7. The van der Waals surface area contributed by atoms with Crippen LogP contribution in [0.2, 0.25) is 0 Å². The van der Waals surface area contributed by atoms with E-state index >= 15 is 0 Å². The van der Waals surface area contributed by atoms with Crippen LogP contribution in [-0.4, -0.2) is 31.1 Å². The van der Waals surface area contributed by atoms with Crippen molar-refractivity contribution in [1.29, 1.82) is 0 Å². The Balaban J connectivity index is 1.64. The van der Waals surface area contributed by atoms with E-state index in [1.165, 1.54) is 12.1 Å². The van der Waals surface area contributed by atoms with E-state index in [1.807, 2.05) is 0 Å². The average Bonchev–Trinajstić information content (AvgIpc) is 2.98. The molecule has 2 amide bonds. The van der Waals surface area contributed by atoms with Crippen LogP contribution in [0.25, 0.3) is 0 Å². The van der Waals surface area contributed by atoms with E-state index < -0.39 is 0 Å². The zero-order chi connectivity index (χ0) is 15.1. The number of carbonyl (C=O) groups excluding carboxylic acids is 2. The minimum atomic E-state index is -0.357. The van der Waals surface area contributed by atoms with Crippen LogP contribution in [0.15, 0.2) is 24.3 Å². The lowest BCUT2D eigenvalue weighted by Crippen LogP contribution is -2.35. The van der Waals surface area contributed by atoms with Gasteiger partial charge >= 0.3 is 0 Å². The zero-order valence-corrected chi connectivity index (χ0v) is 11.7. The number of hydrogen-bond donors (Lipinski definition) is 2. The van der Waals surface area contributed by atoms with Gasteiger partial charge in [-0.25, -0.2) is 4.39 Å². The van der Waals surface area contributed by atoms with Crippen molar-refractivity contribution >= 4 is 11.8 Å². The van der Waals surface area contributed by atoms with Gasteiger partial charge in [0.1, 0.15) is 12.2 Å². The van der Waals surface area contributed by atoms with Gasteiger partial charge in [-0.3, -0.25) is 9.59 Å². The molecule has 1 aromatic carbocycles. The van der Waals surface area contributed by atoms with Gasteiger partial charge in [-0.2, -0.15) is 0 Å². The largest absolute Gasteiger partial charge is 0.376 e. The highest BCUT2D eigenvalue weighted by Crippen LogP contribution is 2.10. The second-order valence-corrected chi connectivity index (χ2v) is 5.02. The molecule has 1 aromatic rings. The second-order valence-electron chi connectivity index (χ2n) is 5.02. The zero-order valence-electron chi connectivity index (χ0n) is 11.7. The quantitative estimate of drug-likeness (QED) is 0.773. The third-order valence-corrected chi connectivity index (χ3v) is 3.27. The summed E-state index contributed by atoms with van der Waals surface area (Å²) >= 11 is 0. The second kappa shape index (κ2) is 7.73. The molecule has 0 spiro atoms. The molecular weight excluding hydrogens is 275 g/mol. The fourth-order valence-corrected chi connectivity index (χ4v) is 2.11. The molecule has 2 N–H and O–H groups in total. The fourth-order valence-electron chi connectivity index (χ4n) is 2.11. The normalized spacial score (nSPS) is 17.5. The first kappa shape index (κ1) is 15.4. The van der Waals surface area contributed by atoms with E-state index in [0.29, 0.717) is 6.54 Å². The lowest BCUT2D eigenvalue weighted by atomic mass is 10.2. The molecular formula is C15H19FN2O3. The van der Waals surface area contributed by atoms with E-state index in [0.717, 1.165) is 25.0 Å². The predicted molar refractivity (Wildman–Crippen MR) is 74.8 cm³/mol. The van der Waals surface area contributed by atoms with Crippen molar-refractivity contribution in [3.63, 3.8) is 0 Å². The van der Waals surface area contributed by atoms with Crippen molar-refractivity contribution in [2.75, 3.05) is 13.2 Å². The minimum Gasteiger partial charge on any atom is -0.376 e. The van der Waals surface area contributed by atoms with Gasteiger partial charge in [-0.15, -0.1) is 0 Å². The van der Waals surface area contributed by atoms with Crippen LogP contribution in [0.5, 0.6) is 0 Å². The Labute approximate surface area is 122 Å². The summed E-state index contributed by atoms with van der Waals surface area (Å²) in [5.74, 6) is -0.996. The molecule has 1 heterocycles. The van der Waals surface area contributed by atoms with Gasteiger partial charge in [0.25, 0.3) is 0 Å². The van der Waals surface area contributed by atoms with Gasteiger partial charge in [0.15, 0.2) is 0 Å². The standard InChI is InChI=1S/C15H19FN2O3/c16-12-5-3-11(4-6-12)9-17-14(19)8-15(20)18-10-13-2-1-7-21-13/h3-6,13H,1-2,7-10H2,(H,17,19)(H,18,20). The van der Waals surface area contributed by atoms with Crippen molar-refractivity contribution < 1.29 is 18.7 Å². The highest BCUT2D eigenvalue weighted by molar-refractivity contribution is 5.96. The highest BCUT2D eigenvalue weighted by atomic mass is 19.1. The van der Waals surface area contributed by atoms with Crippen LogP contribution < -0.4 is 10.6 Å². The molecule has 1 unspecified atom stereocenters. The van der Waals surface area contributed by atoms with Crippen molar-refractivity contribution in [2.45, 2.75) is 31.9 Å². The number of amides is 2. The van der Waals surface area contributed by atoms with Gasteiger partial charge in [0.2, 0.25) is 11.8 Å². The molecule has 6 heteroatoms. The van der Waals surface area contributed by atoms with Gasteiger partial charge in [-0.05, 0) is 30.5 Å². The van der Waals surface area contributed by atoms with Crippen molar-refractivity contribution in [3.8, 4) is 0 Å².